The van der Waals surface area contributed by atoms with E-state index in [1.165, 1.54) is 0 Å². The van der Waals surface area contributed by atoms with E-state index < -0.39 is 0 Å². The van der Waals surface area contributed by atoms with E-state index in [-0.39, 0.29) is 0 Å². The van der Waals surface area contributed by atoms with Crippen LogP contribution < -0.4 is 17.2 Å². The zero-order valence-electron chi connectivity index (χ0n) is 10.6. The van der Waals surface area contributed by atoms with Crippen molar-refractivity contribution in [1.29, 1.82) is 0 Å². The highest BCUT2D eigenvalue weighted by Gasteiger charge is 1.96. The van der Waals surface area contributed by atoms with Crippen molar-refractivity contribution in [3.8, 4) is 0 Å². The average Bonchev–Trinajstić information content (AvgIpc) is 2.40. The van der Waals surface area contributed by atoms with Crippen molar-refractivity contribution >= 4 is 40.3 Å². The Morgan fingerprint density at radius 1 is 0.950 bits per heavy atom. The van der Waals surface area contributed by atoms with Gasteiger partial charge in [-0.3, -0.25) is 0 Å². The number of benzene rings is 2. The monoisotopic (exact) mass is 308 g/mol. The van der Waals surface area contributed by atoms with Gasteiger partial charge in [0.25, 0.3) is 0 Å². The van der Waals surface area contributed by atoms with Crippen molar-refractivity contribution < 1.29 is 0 Å². The van der Waals surface area contributed by atoms with Crippen molar-refractivity contribution in [2.75, 3.05) is 11.5 Å². The summed E-state index contributed by atoms with van der Waals surface area (Å²) in [6, 6.07) is 10.1. The van der Waals surface area contributed by atoms with E-state index >= 15 is 0 Å². The van der Waals surface area contributed by atoms with E-state index in [4.69, 9.17) is 47.0 Å². The molecule has 4 nitrogen and oxygen atoms in total. The molecule has 0 aliphatic heterocycles. The lowest BCUT2D eigenvalue weighted by atomic mass is 10.2. The molecule has 0 aliphatic rings. The Hall–Kier alpha value is -1.93. The average molecular weight is 309 g/mol. The molecule has 2 aromatic rings. The minimum Gasteiger partial charge on any atom is -0.407 e. The molecule has 0 saturated heterocycles. The van der Waals surface area contributed by atoms with Gasteiger partial charge in [-0.15, -0.1) is 0 Å². The Kier molecular flexibility index (Phi) is 6.13. The first kappa shape index (κ1) is 16.1. The maximum Gasteiger partial charge on any atom is 0.209 e. The number of hydrogen-bond acceptors (Lipinski definition) is 3. The smallest absolute Gasteiger partial charge is 0.209 e. The van der Waals surface area contributed by atoms with Gasteiger partial charge in [0.2, 0.25) is 5.69 Å². The lowest BCUT2D eigenvalue weighted by Crippen LogP contribution is -2.00. The standard InChI is InChI=1S/C7H5ClN2.C7H9ClN2/c1-10-7-3-2-5(8)4-6(7)9;8-6-2-1-5(4-9)7(10)3-6/h2-4H,9H2;1-3H,4,9-10H2. The molecule has 0 unspecified atom stereocenters. The number of nitrogens with two attached hydrogens (primary N) is 3. The second-order valence-corrected chi connectivity index (χ2v) is 4.74. The van der Waals surface area contributed by atoms with Crippen molar-refractivity contribution in [2.45, 2.75) is 6.54 Å². The van der Waals surface area contributed by atoms with Gasteiger partial charge in [-0.1, -0.05) is 41.4 Å². The zero-order chi connectivity index (χ0) is 15.1. The summed E-state index contributed by atoms with van der Waals surface area (Å²) >= 11 is 11.2. The summed E-state index contributed by atoms with van der Waals surface area (Å²) in [6.07, 6.45) is 0. The van der Waals surface area contributed by atoms with Crippen LogP contribution in [0.3, 0.4) is 0 Å². The Labute approximate surface area is 127 Å². The Bertz CT molecular complexity index is 636. The van der Waals surface area contributed by atoms with Gasteiger partial charge < -0.3 is 17.2 Å². The first-order chi connectivity index (χ1) is 9.47. The lowest BCUT2D eigenvalue weighted by Gasteiger charge is -2.00. The fraction of sp³-hybridized carbons (Fsp3) is 0.0714. The summed E-state index contributed by atoms with van der Waals surface area (Å²) in [5, 5.41) is 1.21. The van der Waals surface area contributed by atoms with Crippen LogP contribution in [0.15, 0.2) is 36.4 Å². The highest BCUT2D eigenvalue weighted by atomic mass is 35.5. The molecule has 0 heterocycles. The number of halogens is 2. The third-order valence-corrected chi connectivity index (χ3v) is 2.91. The molecule has 0 bridgehead atoms. The summed E-state index contributed by atoms with van der Waals surface area (Å²) in [6.45, 7) is 7.12. The van der Waals surface area contributed by atoms with Crippen LogP contribution in [0, 0.1) is 6.57 Å². The van der Waals surface area contributed by atoms with E-state index in [2.05, 4.69) is 4.85 Å². The fourth-order valence-electron chi connectivity index (χ4n) is 1.38. The maximum atomic E-state index is 6.66. The van der Waals surface area contributed by atoms with Crippen LogP contribution >= 0.6 is 23.2 Å². The van der Waals surface area contributed by atoms with E-state index in [1.54, 1.807) is 30.3 Å². The number of nitrogen functional groups attached to an aromatic ring is 2. The van der Waals surface area contributed by atoms with Crippen molar-refractivity contribution in [2.24, 2.45) is 5.73 Å². The summed E-state index contributed by atoms with van der Waals surface area (Å²) < 4.78 is 0. The predicted octanol–water partition coefficient (Wildman–Crippen LogP) is 3.85. The molecule has 6 N–H and O–H groups in total. The quantitative estimate of drug-likeness (QED) is 0.552. The molecule has 0 radical (unpaired) electrons. The van der Waals surface area contributed by atoms with E-state index in [1.807, 2.05) is 6.07 Å². The second kappa shape index (κ2) is 7.61. The number of anilines is 2. The van der Waals surface area contributed by atoms with E-state index in [9.17, 15) is 0 Å². The van der Waals surface area contributed by atoms with Crippen LogP contribution in [0.25, 0.3) is 4.85 Å². The summed E-state index contributed by atoms with van der Waals surface area (Å²) in [5.74, 6) is 0. The van der Waals surface area contributed by atoms with Crippen LogP contribution in [0.5, 0.6) is 0 Å². The molecule has 0 spiro atoms. The molecular formula is C14H14Cl2N4. The molecule has 104 valence electrons. The second-order valence-electron chi connectivity index (χ2n) is 3.86. The number of hydrogen-bond donors (Lipinski definition) is 3. The molecule has 0 fully saturated rings. The molecule has 0 atom stereocenters. The zero-order valence-corrected chi connectivity index (χ0v) is 12.1. The fourth-order valence-corrected chi connectivity index (χ4v) is 1.74. The van der Waals surface area contributed by atoms with Gasteiger partial charge in [0.15, 0.2) is 0 Å². The van der Waals surface area contributed by atoms with Gasteiger partial charge in [-0.25, -0.2) is 4.85 Å². The SMILES string of the molecule is NCc1ccc(Cl)cc1N.[C-]#[N+]c1ccc(Cl)cc1N. The maximum absolute atomic E-state index is 6.66. The normalized spacial score (nSPS) is 9.30. The van der Waals surface area contributed by atoms with Gasteiger partial charge in [0.05, 0.1) is 6.57 Å². The molecule has 0 amide bonds. The van der Waals surface area contributed by atoms with Crippen LogP contribution in [0.4, 0.5) is 17.1 Å². The summed E-state index contributed by atoms with van der Waals surface area (Å²) in [4.78, 5) is 3.18. The molecule has 20 heavy (non-hydrogen) atoms. The molecule has 0 saturated carbocycles. The Balaban J connectivity index is 0.000000200. The number of rotatable bonds is 1. The van der Waals surface area contributed by atoms with Crippen molar-refractivity contribution in [3.05, 3.63) is 63.4 Å². The topological polar surface area (TPSA) is 82.4 Å². The Morgan fingerprint density at radius 2 is 1.50 bits per heavy atom. The molecule has 0 aromatic heterocycles. The van der Waals surface area contributed by atoms with Crippen molar-refractivity contribution in [3.63, 3.8) is 0 Å². The lowest BCUT2D eigenvalue weighted by molar-refractivity contribution is 1.08. The van der Waals surface area contributed by atoms with E-state index in [0.29, 0.717) is 33.7 Å². The van der Waals surface area contributed by atoms with Gasteiger partial charge >= 0.3 is 0 Å². The summed E-state index contributed by atoms with van der Waals surface area (Å²) in [5.41, 5.74) is 18.9. The molecular weight excluding hydrogens is 295 g/mol. The van der Waals surface area contributed by atoms with Gasteiger partial charge in [-0.05, 0) is 23.8 Å². The first-order valence-corrected chi connectivity index (χ1v) is 6.40. The first-order valence-electron chi connectivity index (χ1n) is 5.64. The highest BCUT2D eigenvalue weighted by Crippen LogP contribution is 2.24. The summed E-state index contributed by atoms with van der Waals surface area (Å²) in [7, 11) is 0. The predicted molar refractivity (Wildman–Crippen MR) is 85.9 cm³/mol. The molecule has 6 heteroatoms. The third kappa shape index (κ3) is 4.63. The van der Waals surface area contributed by atoms with Crippen LogP contribution in [0.2, 0.25) is 10.0 Å². The molecule has 2 aromatic carbocycles. The largest absolute Gasteiger partial charge is 0.407 e. The van der Waals surface area contributed by atoms with Crippen molar-refractivity contribution in [1.82, 2.24) is 0 Å². The highest BCUT2D eigenvalue weighted by molar-refractivity contribution is 6.31. The van der Waals surface area contributed by atoms with Gasteiger partial charge in [-0.2, -0.15) is 0 Å². The van der Waals surface area contributed by atoms with E-state index in [0.717, 1.165) is 5.56 Å². The minimum absolute atomic E-state index is 0.433. The Morgan fingerprint density at radius 3 is 1.95 bits per heavy atom. The van der Waals surface area contributed by atoms with Gasteiger partial charge in [0, 0.05) is 28.0 Å². The minimum atomic E-state index is 0.433. The third-order valence-electron chi connectivity index (χ3n) is 2.44. The number of nitrogens with zero attached hydrogens (tertiary/aromatic N) is 1. The molecule has 0 aliphatic carbocycles. The van der Waals surface area contributed by atoms with Crippen LogP contribution in [0.1, 0.15) is 5.56 Å². The van der Waals surface area contributed by atoms with Crippen LogP contribution in [-0.4, -0.2) is 0 Å². The van der Waals surface area contributed by atoms with Gasteiger partial charge in [0.1, 0.15) is 0 Å². The molecule has 2 rings (SSSR count). The van der Waals surface area contributed by atoms with Crippen LogP contribution in [-0.2, 0) is 6.54 Å².